The number of rotatable bonds is 4. The molecule has 0 spiro atoms. The predicted molar refractivity (Wildman–Crippen MR) is 122 cm³/mol. The molecule has 1 saturated heterocycles. The zero-order chi connectivity index (χ0) is 21.9. The van der Waals surface area contributed by atoms with Gasteiger partial charge in [0, 0.05) is 60.8 Å². The lowest BCUT2D eigenvalue weighted by Crippen LogP contribution is -2.40. The Labute approximate surface area is 185 Å². The molecule has 1 aliphatic heterocycles. The summed E-state index contributed by atoms with van der Waals surface area (Å²) >= 11 is 0. The number of fused-ring (bicyclic) bond motifs is 1. The standard InChI is InChI=1S/C25H23N5O2/c31-24-14-23(21-4-1-9-26-15-21)28-17-30(24)16-18-7-11-29(12-8-18)25(32)20-5-6-22-19(13-20)3-2-10-27-22/h1-6,9-10,13-15,17-18H,7-8,11-12,16H2. The number of piperidine rings is 1. The molecule has 1 aromatic carbocycles. The zero-order valence-electron chi connectivity index (χ0n) is 17.6. The fourth-order valence-corrected chi connectivity index (χ4v) is 4.22. The van der Waals surface area contributed by atoms with Gasteiger partial charge in [0.2, 0.25) is 0 Å². The molecule has 1 aliphatic rings. The normalized spacial score (nSPS) is 14.6. The topological polar surface area (TPSA) is 81.0 Å². The van der Waals surface area contributed by atoms with Crippen LogP contribution in [0.25, 0.3) is 22.2 Å². The number of amides is 1. The van der Waals surface area contributed by atoms with Gasteiger partial charge in [0.25, 0.3) is 11.5 Å². The summed E-state index contributed by atoms with van der Waals surface area (Å²) in [7, 11) is 0. The maximum absolute atomic E-state index is 13.0. The second-order valence-corrected chi connectivity index (χ2v) is 8.15. The van der Waals surface area contributed by atoms with Crippen molar-refractivity contribution >= 4 is 16.8 Å². The summed E-state index contributed by atoms with van der Waals surface area (Å²) in [4.78, 5) is 40.3. The van der Waals surface area contributed by atoms with Crippen molar-refractivity contribution < 1.29 is 4.79 Å². The van der Waals surface area contributed by atoms with Crippen LogP contribution in [-0.4, -0.2) is 43.4 Å². The van der Waals surface area contributed by atoms with Gasteiger partial charge in [-0.05, 0) is 55.2 Å². The highest BCUT2D eigenvalue weighted by molar-refractivity contribution is 5.98. The smallest absolute Gasteiger partial charge is 0.253 e. The molecule has 5 rings (SSSR count). The molecular formula is C25H23N5O2. The molecule has 32 heavy (non-hydrogen) atoms. The molecule has 7 heteroatoms. The van der Waals surface area contributed by atoms with Gasteiger partial charge in [0.05, 0.1) is 17.5 Å². The first kappa shape index (κ1) is 20.1. The van der Waals surface area contributed by atoms with Crippen LogP contribution in [-0.2, 0) is 6.54 Å². The molecule has 0 bridgehead atoms. The van der Waals surface area contributed by atoms with Gasteiger partial charge in [0.1, 0.15) is 0 Å². The van der Waals surface area contributed by atoms with Crippen molar-refractivity contribution in [2.75, 3.05) is 13.1 Å². The van der Waals surface area contributed by atoms with Crippen molar-refractivity contribution in [3.05, 3.63) is 89.4 Å². The Bertz CT molecular complexity index is 1310. The maximum atomic E-state index is 13.0. The Hall–Kier alpha value is -3.87. The third kappa shape index (κ3) is 4.14. The minimum absolute atomic E-state index is 0.0499. The van der Waals surface area contributed by atoms with Crippen LogP contribution in [0.15, 0.2) is 78.2 Å². The first-order valence-corrected chi connectivity index (χ1v) is 10.8. The molecule has 3 aromatic heterocycles. The molecule has 0 radical (unpaired) electrons. The lowest BCUT2D eigenvalue weighted by molar-refractivity contribution is 0.0682. The van der Waals surface area contributed by atoms with Gasteiger partial charge in [-0.15, -0.1) is 0 Å². The highest BCUT2D eigenvalue weighted by atomic mass is 16.2. The number of benzene rings is 1. The summed E-state index contributed by atoms with van der Waals surface area (Å²) < 4.78 is 1.67. The van der Waals surface area contributed by atoms with Crippen LogP contribution in [0.3, 0.4) is 0 Å². The van der Waals surface area contributed by atoms with Gasteiger partial charge < -0.3 is 4.90 Å². The number of likely N-dealkylation sites (tertiary alicyclic amines) is 1. The number of aromatic nitrogens is 4. The summed E-state index contributed by atoms with van der Waals surface area (Å²) in [5, 5.41) is 0.967. The summed E-state index contributed by atoms with van der Waals surface area (Å²) in [5.74, 6) is 0.387. The maximum Gasteiger partial charge on any atom is 0.253 e. The molecule has 7 nitrogen and oxygen atoms in total. The lowest BCUT2D eigenvalue weighted by Gasteiger charge is -2.32. The highest BCUT2D eigenvalue weighted by Crippen LogP contribution is 2.22. The lowest BCUT2D eigenvalue weighted by atomic mass is 9.96. The number of nitrogens with zero attached hydrogens (tertiary/aromatic N) is 5. The van der Waals surface area contributed by atoms with E-state index in [4.69, 9.17) is 0 Å². The third-order valence-electron chi connectivity index (χ3n) is 6.04. The van der Waals surface area contributed by atoms with E-state index in [0.717, 1.165) is 29.3 Å². The molecule has 0 unspecified atom stereocenters. The molecule has 1 amide bonds. The van der Waals surface area contributed by atoms with Gasteiger partial charge in [-0.25, -0.2) is 4.98 Å². The van der Waals surface area contributed by atoms with E-state index < -0.39 is 0 Å². The van der Waals surface area contributed by atoms with Crippen LogP contribution in [0.1, 0.15) is 23.2 Å². The highest BCUT2D eigenvalue weighted by Gasteiger charge is 2.24. The van der Waals surface area contributed by atoms with E-state index in [0.29, 0.717) is 36.8 Å². The summed E-state index contributed by atoms with van der Waals surface area (Å²) in [6.45, 7) is 1.98. The molecule has 0 N–H and O–H groups in total. The second-order valence-electron chi connectivity index (χ2n) is 8.15. The monoisotopic (exact) mass is 425 g/mol. The molecule has 4 aromatic rings. The molecule has 0 saturated carbocycles. The number of hydrogen-bond donors (Lipinski definition) is 0. The Kier molecular flexibility index (Phi) is 5.46. The molecule has 1 fully saturated rings. The average Bonchev–Trinajstić information content (AvgIpc) is 2.85. The van der Waals surface area contributed by atoms with Crippen LogP contribution in [0.5, 0.6) is 0 Å². The van der Waals surface area contributed by atoms with Crippen LogP contribution in [0, 0.1) is 5.92 Å². The predicted octanol–water partition coefficient (Wildman–Crippen LogP) is 3.41. The van der Waals surface area contributed by atoms with Crippen LogP contribution in [0.2, 0.25) is 0 Å². The average molecular weight is 425 g/mol. The zero-order valence-corrected chi connectivity index (χ0v) is 17.6. The SMILES string of the molecule is O=C(c1ccc2ncccc2c1)N1CCC(Cn2cnc(-c3cccnc3)cc2=O)CC1. The van der Waals surface area contributed by atoms with E-state index in [1.165, 1.54) is 0 Å². The minimum Gasteiger partial charge on any atom is -0.339 e. The van der Waals surface area contributed by atoms with Gasteiger partial charge in [-0.1, -0.05) is 6.07 Å². The van der Waals surface area contributed by atoms with Crippen LogP contribution in [0.4, 0.5) is 0 Å². The Morgan fingerprint density at radius 3 is 2.62 bits per heavy atom. The van der Waals surface area contributed by atoms with E-state index in [9.17, 15) is 9.59 Å². The number of hydrogen-bond acceptors (Lipinski definition) is 5. The molecule has 4 heterocycles. The fourth-order valence-electron chi connectivity index (χ4n) is 4.22. The van der Waals surface area contributed by atoms with Crippen molar-refractivity contribution in [3.63, 3.8) is 0 Å². The van der Waals surface area contributed by atoms with E-state index >= 15 is 0 Å². The van der Waals surface area contributed by atoms with E-state index in [1.54, 1.807) is 35.6 Å². The molecule has 160 valence electrons. The van der Waals surface area contributed by atoms with Crippen molar-refractivity contribution in [1.29, 1.82) is 0 Å². The number of pyridine rings is 2. The quantitative estimate of drug-likeness (QED) is 0.501. The Balaban J connectivity index is 1.22. The van der Waals surface area contributed by atoms with Crippen molar-refractivity contribution in [2.24, 2.45) is 5.92 Å². The molecule has 0 aliphatic carbocycles. The minimum atomic E-state index is -0.0675. The largest absolute Gasteiger partial charge is 0.339 e. The Morgan fingerprint density at radius 2 is 1.84 bits per heavy atom. The van der Waals surface area contributed by atoms with Crippen LogP contribution < -0.4 is 5.56 Å². The van der Waals surface area contributed by atoms with Gasteiger partial charge in [0.15, 0.2) is 0 Å². The summed E-state index contributed by atoms with van der Waals surface area (Å²) in [5.41, 5.74) is 2.97. The molecular weight excluding hydrogens is 402 g/mol. The third-order valence-corrected chi connectivity index (χ3v) is 6.04. The fraction of sp³-hybridized carbons (Fsp3) is 0.240. The number of carbonyl (C=O) groups is 1. The summed E-state index contributed by atoms with van der Waals surface area (Å²) in [6, 6.07) is 14.8. The second kappa shape index (κ2) is 8.70. The van der Waals surface area contributed by atoms with Crippen LogP contribution >= 0.6 is 0 Å². The first-order valence-electron chi connectivity index (χ1n) is 10.8. The van der Waals surface area contributed by atoms with E-state index in [-0.39, 0.29) is 11.5 Å². The van der Waals surface area contributed by atoms with Crippen molar-refractivity contribution in [1.82, 2.24) is 24.4 Å². The van der Waals surface area contributed by atoms with Gasteiger partial charge in [-0.2, -0.15) is 0 Å². The van der Waals surface area contributed by atoms with Gasteiger partial charge >= 0.3 is 0 Å². The molecule has 0 atom stereocenters. The van der Waals surface area contributed by atoms with E-state index in [2.05, 4.69) is 15.0 Å². The number of carbonyl (C=O) groups excluding carboxylic acids is 1. The van der Waals surface area contributed by atoms with Gasteiger partial charge in [-0.3, -0.25) is 24.1 Å². The Morgan fingerprint density at radius 1 is 1.00 bits per heavy atom. The van der Waals surface area contributed by atoms with Crippen molar-refractivity contribution in [3.8, 4) is 11.3 Å². The van der Waals surface area contributed by atoms with Crippen molar-refractivity contribution in [2.45, 2.75) is 19.4 Å². The van der Waals surface area contributed by atoms with E-state index in [1.807, 2.05) is 47.4 Å². The summed E-state index contributed by atoms with van der Waals surface area (Å²) in [6.07, 6.45) is 8.48. The first-order chi connectivity index (χ1) is 15.7.